The Hall–Kier alpha value is -3.09. The smallest absolute Gasteiger partial charge is 0.225 e. The van der Waals surface area contributed by atoms with E-state index in [1.807, 2.05) is 37.3 Å². The second kappa shape index (κ2) is 9.41. The summed E-state index contributed by atoms with van der Waals surface area (Å²) < 4.78 is 10.6. The van der Waals surface area contributed by atoms with E-state index in [-0.39, 0.29) is 30.2 Å². The van der Waals surface area contributed by atoms with E-state index in [9.17, 15) is 9.59 Å². The first-order chi connectivity index (χ1) is 14.0. The Morgan fingerprint density at radius 2 is 1.93 bits per heavy atom. The van der Waals surface area contributed by atoms with Gasteiger partial charge in [-0.2, -0.15) is 0 Å². The molecule has 1 aliphatic rings. The molecule has 1 N–H and O–H groups in total. The summed E-state index contributed by atoms with van der Waals surface area (Å²) in [4.78, 5) is 30.7. The lowest BCUT2D eigenvalue weighted by molar-refractivity contribution is -0.129. The summed E-state index contributed by atoms with van der Waals surface area (Å²) in [5.41, 5.74) is 2.04. The van der Waals surface area contributed by atoms with Crippen molar-refractivity contribution in [1.29, 1.82) is 0 Å². The fraction of sp³-hybridized carbons (Fsp3) is 0.409. The Balaban J connectivity index is 1.54. The van der Waals surface area contributed by atoms with E-state index in [1.165, 1.54) is 0 Å². The molecule has 2 amide bonds. The lowest BCUT2D eigenvalue weighted by Gasteiger charge is -2.19. The minimum absolute atomic E-state index is 0.0159. The number of hydrogen-bond acceptors (Lipinski definition) is 5. The maximum absolute atomic E-state index is 12.6. The van der Waals surface area contributed by atoms with E-state index in [0.717, 1.165) is 11.1 Å². The molecule has 0 aliphatic carbocycles. The van der Waals surface area contributed by atoms with Crippen LogP contribution in [-0.4, -0.2) is 49.0 Å². The molecule has 1 aliphatic heterocycles. The van der Waals surface area contributed by atoms with Gasteiger partial charge >= 0.3 is 0 Å². The van der Waals surface area contributed by atoms with Crippen molar-refractivity contribution < 1.29 is 19.1 Å². The van der Waals surface area contributed by atoms with E-state index in [0.29, 0.717) is 31.0 Å². The van der Waals surface area contributed by atoms with Crippen molar-refractivity contribution in [2.24, 2.45) is 5.92 Å². The summed E-state index contributed by atoms with van der Waals surface area (Å²) in [6.45, 7) is 2.94. The summed E-state index contributed by atoms with van der Waals surface area (Å²) in [6, 6.07) is 9.36. The molecule has 2 heterocycles. The first kappa shape index (κ1) is 20.6. The summed E-state index contributed by atoms with van der Waals surface area (Å²) in [5.74, 6) is 0.948. The minimum atomic E-state index is -0.322. The quantitative estimate of drug-likeness (QED) is 0.740. The molecule has 0 saturated carbocycles. The van der Waals surface area contributed by atoms with Crippen LogP contribution in [0.3, 0.4) is 0 Å². The van der Waals surface area contributed by atoms with Gasteiger partial charge in [-0.15, -0.1) is 0 Å². The topological polar surface area (TPSA) is 80.8 Å². The number of carbonyl (C=O) groups is 2. The SMILES string of the molecule is COc1ccc(CCN2C[C@@H](C(=O)N[C@H](C)c3ccncc3)CC2=O)cc1OC. The van der Waals surface area contributed by atoms with Crippen LogP contribution >= 0.6 is 0 Å². The van der Waals surface area contributed by atoms with Crippen molar-refractivity contribution in [2.45, 2.75) is 25.8 Å². The van der Waals surface area contributed by atoms with Crippen molar-refractivity contribution >= 4 is 11.8 Å². The van der Waals surface area contributed by atoms with Crippen LogP contribution < -0.4 is 14.8 Å². The predicted molar refractivity (Wildman–Crippen MR) is 109 cm³/mol. The molecule has 1 aromatic carbocycles. The maximum Gasteiger partial charge on any atom is 0.225 e. The maximum atomic E-state index is 12.6. The van der Waals surface area contributed by atoms with Gasteiger partial charge in [0, 0.05) is 31.9 Å². The van der Waals surface area contributed by atoms with Crippen LogP contribution in [0.25, 0.3) is 0 Å². The zero-order valence-electron chi connectivity index (χ0n) is 17.1. The molecule has 0 unspecified atom stereocenters. The molecule has 2 atom stereocenters. The van der Waals surface area contributed by atoms with Gasteiger partial charge in [0.2, 0.25) is 11.8 Å². The number of nitrogens with one attached hydrogen (secondary N) is 1. The van der Waals surface area contributed by atoms with Crippen molar-refractivity contribution in [3.05, 3.63) is 53.9 Å². The second-order valence-electron chi connectivity index (χ2n) is 7.19. The highest BCUT2D eigenvalue weighted by Gasteiger charge is 2.34. The molecule has 1 fully saturated rings. The molecule has 29 heavy (non-hydrogen) atoms. The van der Waals surface area contributed by atoms with E-state index in [1.54, 1.807) is 31.5 Å². The molecule has 7 heteroatoms. The minimum Gasteiger partial charge on any atom is -0.493 e. The molecule has 0 radical (unpaired) electrons. The Bertz CT molecular complexity index is 856. The number of likely N-dealkylation sites (tertiary alicyclic amines) is 1. The Morgan fingerprint density at radius 1 is 1.21 bits per heavy atom. The average Bonchev–Trinajstić information content (AvgIpc) is 3.13. The van der Waals surface area contributed by atoms with Crippen LogP contribution in [0.5, 0.6) is 11.5 Å². The van der Waals surface area contributed by atoms with Gasteiger partial charge in [-0.1, -0.05) is 6.07 Å². The molecule has 154 valence electrons. The molecule has 3 rings (SSSR count). The number of pyridine rings is 1. The number of ether oxygens (including phenoxy) is 2. The largest absolute Gasteiger partial charge is 0.493 e. The number of carbonyl (C=O) groups excluding carboxylic acids is 2. The van der Waals surface area contributed by atoms with Crippen molar-refractivity contribution in [2.75, 3.05) is 27.3 Å². The first-order valence-corrected chi connectivity index (χ1v) is 9.70. The van der Waals surface area contributed by atoms with Crippen LogP contribution in [0.15, 0.2) is 42.7 Å². The molecule has 0 bridgehead atoms. The third-order valence-electron chi connectivity index (χ3n) is 5.27. The lowest BCUT2D eigenvalue weighted by Crippen LogP contribution is -2.35. The Kier molecular flexibility index (Phi) is 6.69. The fourth-order valence-corrected chi connectivity index (χ4v) is 3.53. The zero-order valence-corrected chi connectivity index (χ0v) is 17.1. The number of rotatable bonds is 8. The van der Waals surface area contributed by atoms with Gasteiger partial charge in [0.05, 0.1) is 26.2 Å². The normalized spacial score (nSPS) is 17.1. The summed E-state index contributed by atoms with van der Waals surface area (Å²) in [5, 5.41) is 3.00. The predicted octanol–water partition coefficient (Wildman–Crippen LogP) is 2.37. The Labute approximate surface area is 171 Å². The van der Waals surface area contributed by atoms with Crippen molar-refractivity contribution in [3.8, 4) is 11.5 Å². The third kappa shape index (κ3) is 5.04. The van der Waals surface area contributed by atoms with E-state index in [4.69, 9.17) is 9.47 Å². The number of methoxy groups -OCH3 is 2. The van der Waals surface area contributed by atoms with Gasteiger partial charge in [0.25, 0.3) is 0 Å². The van der Waals surface area contributed by atoms with Gasteiger partial charge < -0.3 is 19.7 Å². The first-order valence-electron chi connectivity index (χ1n) is 9.70. The molecule has 2 aromatic rings. The highest BCUT2D eigenvalue weighted by molar-refractivity contribution is 5.89. The van der Waals surface area contributed by atoms with E-state index < -0.39 is 0 Å². The van der Waals surface area contributed by atoms with Crippen LogP contribution in [0.4, 0.5) is 0 Å². The molecule has 1 saturated heterocycles. The Morgan fingerprint density at radius 3 is 2.62 bits per heavy atom. The number of nitrogens with zero attached hydrogens (tertiary/aromatic N) is 2. The third-order valence-corrected chi connectivity index (χ3v) is 5.27. The summed E-state index contributed by atoms with van der Waals surface area (Å²) in [7, 11) is 3.20. The van der Waals surface area contributed by atoms with Crippen LogP contribution in [0, 0.1) is 5.92 Å². The number of hydrogen-bond donors (Lipinski definition) is 1. The standard InChI is InChI=1S/C22H27N3O4/c1-15(17-6-9-23-10-7-17)24-22(27)18-13-21(26)25(14-18)11-8-16-4-5-19(28-2)20(12-16)29-3/h4-7,9-10,12,15,18H,8,11,13-14H2,1-3H3,(H,24,27)/t15-,18+/m1/s1. The zero-order chi connectivity index (χ0) is 20.8. The van der Waals surface area contributed by atoms with Crippen LogP contribution in [-0.2, 0) is 16.0 Å². The van der Waals surface area contributed by atoms with Crippen molar-refractivity contribution in [3.63, 3.8) is 0 Å². The van der Waals surface area contributed by atoms with E-state index >= 15 is 0 Å². The number of amides is 2. The summed E-state index contributed by atoms with van der Waals surface area (Å²) >= 11 is 0. The van der Waals surface area contributed by atoms with Gasteiger partial charge in [-0.25, -0.2) is 0 Å². The van der Waals surface area contributed by atoms with Crippen LogP contribution in [0.1, 0.15) is 30.5 Å². The molecule has 7 nitrogen and oxygen atoms in total. The van der Waals surface area contributed by atoms with Gasteiger partial charge in [0.1, 0.15) is 0 Å². The van der Waals surface area contributed by atoms with E-state index in [2.05, 4.69) is 10.3 Å². The number of benzene rings is 1. The van der Waals surface area contributed by atoms with Gasteiger partial charge in [-0.3, -0.25) is 14.6 Å². The lowest BCUT2D eigenvalue weighted by atomic mass is 10.1. The number of aromatic nitrogens is 1. The fourth-order valence-electron chi connectivity index (χ4n) is 3.53. The highest BCUT2D eigenvalue weighted by atomic mass is 16.5. The van der Waals surface area contributed by atoms with Crippen LogP contribution in [0.2, 0.25) is 0 Å². The average molecular weight is 397 g/mol. The molecule has 1 aromatic heterocycles. The molecular formula is C22H27N3O4. The van der Waals surface area contributed by atoms with Gasteiger partial charge in [-0.05, 0) is 48.7 Å². The molecule has 0 spiro atoms. The highest BCUT2D eigenvalue weighted by Crippen LogP contribution is 2.28. The monoisotopic (exact) mass is 397 g/mol. The van der Waals surface area contributed by atoms with Crippen molar-refractivity contribution in [1.82, 2.24) is 15.2 Å². The second-order valence-corrected chi connectivity index (χ2v) is 7.19. The molecular weight excluding hydrogens is 370 g/mol. The van der Waals surface area contributed by atoms with Gasteiger partial charge in [0.15, 0.2) is 11.5 Å². The summed E-state index contributed by atoms with van der Waals surface area (Å²) in [6.07, 6.45) is 4.34.